The van der Waals surface area contributed by atoms with E-state index >= 15 is 0 Å². The second-order valence-electron chi connectivity index (χ2n) is 10.8. The van der Waals surface area contributed by atoms with E-state index in [0.29, 0.717) is 30.3 Å². The van der Waals surface area contributed by atoms with E-state index in [1.54, 1.807) is 30.1 Å². The van der Waals surface area contributed by atoms with Crippen LogP contribution in [-0.2, 0) is 23.7 Å². The highest BCUT2D eigenvalue weighted by atomic mass is 16.5. The first-order valence-corrected chi connectivity index (χ1v) is 12.3. The summed E-state index contributed by atoms with van der Waals surface area (Å²) in [5, 5.41) is 41.2. The lowest BCUT2D eigenvalue weighted by atomic mass is 9.53. The van der Waals surface area contributed by atoms with Gasteiger partial charge in [0.1, 0.15) is 5.76 Å². The molecule has 0 unspecified atom stereocenters. The smallest absolute Gasteiger partial charge is 0.256 e. The molecule has 4 atom stereocenters. The normalized spacial score (nSPS) is 32.0. The number of fused-ring (bicyclic) bond motifs is 1. The van der Waals surface area contributed by atoms with Crippen LogP contribution < -0.4 is 10.1 Å². The number of aliphatic hydroxyl groups excluding tert-OH is 1. The molecule has 2 aliphatic carbocycles. The van der Waals surface area contributed by atoms with Gasteiger partial charge in [0.2, 0.25) is 0 Å². The van der Waals surface area contributed by atoms with Crippen molar-refractivity contribution in [3.63, 3.8) is 0 Å². The van der Waals surface area contributed by atoms with Gasteiger partial charge in [0.15, 0.2) is 23.4 Å². The molecular weight excluding hydrogens is 448 g/mol. The van der Waals surface area contributed by atoms with E-state index in [0.717, 1.165) is 24.2 Å². The van der Waals surface area contributed by atoms with E-state index in [2.05, 4.69) is 15.3 Å². The number of hydrogen-bond acceptors (Lipinski definition) is 7. The summed E-state index contributed by atoms with van der Waals surface area (Å²) in [6, 6.07) is 5.03. The van der Waals surface area contributed by atoms with Crippen LogP contribution in [0.15, 0.2) is 35.7 Å². The van der Waals surface area contributed by atoms with Crippen molar-refractivity contribution < 1.29 is 24.9 Å². The first-order valence-electron chi connectivity index (χ1n) is 12.3. The summed E-state index contributed by atoms with van der Waals surface area (Å²) in [4.78, 5) is 15.4. The van der Waals surface area contributed by atoms with Crippen LogP contribution >= 0.6 is 0 Å². The molecule has 2 fully saturated rings. The van der Waals surface area contributed by atoms with Gasteiger partial charge in [-0.05, 0) is 63.6 Å². The minimum absolute atomic E-state index is 0.0244. The lowest BCUT2D eigenvalue weighted by molar-refractivity contribution is -0.153. The number of rotatable bonds is 5. The number of piperidine rings is 1. The summed E-state index contributed by atoms with van der Waals surface area (Å²) in [6.45, 7) is 5.06. The van der Waals surface area contributed by atoms with Crippen LogP contribution in [-0.4, -0.2) is 66.7 Å². The van der Waals surface area contributed by atoms with Gasteiger partial charge in [-0.2, -0.15) is 5.10 Å². The number of nitrogens with zero attached hydrogens (tertiary/aromatic N) is 3. The van der Waals surface area contributed by atoms with Crippen molar-refractivity contribution in [2.24, 2.45) is 13.0 Å². The number of likely N-dealkylation sites (tertiary alicyclic amines) is 1. The number of nitrogens with one attached hydrogen (secondary N) is 1. The van der Waals surface area contributed by atoms with Gasteiger partial charge in [-0.1, -0.05) is 6.07 Å². The molecule has 4 aliphatic rings. The topological polar surface area (TPSA) is 120 Å². The molecule has 9 heteroatoms. The molecule has 3 heterocycles. The number of carbonyl (C=O) groups is 1. The first kappa shape index (κ1) is 22.4. The van der Waals surface area contributed by atoms with Crippen molar-refractivity contribution >= 4 is 11.7 Å². The Balaban J connectivity index is 1.43. The molecule has 4 N–H and O–H groups in total. The molecule has 1 aromatic carbocycles. The molecule has 2 aliphatic heterocycles. The van der Waals surface area contributed by atoms with Crippen LogP contribution in [0.25, 0.3) is 0 Å². The van der Waals surface area contributed by atoms with Gasteiger partial charge in [-0.25, -0.2) is 0 Å². The summed E-state index contributed by atoms with van der Waals surface area (Å²) in [7, 11) is 1.75. The third kappa shape index (κ3) is 3.14. The average molecular weight is 481 g/mol. The van der Waals surface area contributed by atoms with E-state index < -0.39 is 23.0 Å². The summed E-state index contributed by atoms with van der Waals surface area (Å²) in [5.74, 6) is 0.584. The fourth-order valence-corrected chi connectivity index (χ4v) is 6.58. The van der Waals surface area contributed by atoms with Crippen molar-refractivity contribution in [2.45, 2.75) is 62.7 Å². The third-order valence-electron chi connectivity index (χ3n) is 8.67. The summed E-state index contributed by atoms with van der Waals surface area (Å²) in [6.07, 6.45) is 4.35. The Kier molecular flexibility index (Phi) is 4.79. The highest BCUT2D eigenvalue weighted by Gasteiger charge is 2.69. The number of amides is 1. The zero-order valence-corrected chi connectivity index (χ0v) is 20.3. The van der Waals surface area contributed by atoms with Crippen LogP contribution in [0.4, 0.5) is 5.82 Å². The molecule has 1 aromatic heterocycles. The number of aromatic hydroxyl groups is 1. The SMILES string of the molecule is C/C(C(=O)Nc1ccn(C)n1)=C(/O)[C@@H]1Oc2c(O)ccc3c2[C@@]12CCN(CC1CC1)[C@H](C3)[C@@]2(C)O. The molecule has 2 bridgehead atoms. The monoisotopic (exact) mass is 480 g/mol. The van der Waals surface area contributed by atoms with Gasteiger partial charge in [-0.15, -0.1) is 0 Å². The van der Waals surface area contributed by atoms with Crippen LogP contribution in [0.5, 0.6) is 11.5 Å². The van der Waals surface area contributed by atoms with Gasteiger partial charge < -0.3 is 25.4 Å². The van der Waals surface area contributed by atoms with Crippen molar-refractivity contribution in [1.82, 2.24) is 14.7 Å². The van der Waals surface area contributed by atoms with Crippen LogP contribution in [0.3, 0.4) is 0 Å². The number of anilines is 1. The molecule has 0 radical (unpaired) electrons. The van der Waals surface area contributed by atoms with Crippen molar-refractivity contribution in [2.75, 3.05) is 18.4 Å². The predicted octanol–water partition coefficient (Wildman–Crippen LogP) is 2.39. The van der Waals surface area contributed by atoms with Gasteiger partial charge in [-0.3, -0.25) is 14.4 Å². The molecular formula is C26H32N4O5. The summed E-state index contributed by atoms with van der Waals surface area (Å²) >= 11 is 0. The Hall–Kier alpha value is -3.04. The number of hydrogen-bond donors (Lipinski definition) is 4. The summed E-state index contributed by atoms with van der Waals surface area (Å²) in [5.41, 5.74) is -0.374. The minimum Gasteiger partial charge on any atom is -0.508 e. The fraction of sp³-hybridized carbons (Fsp3) is 0.538. The molecule has 6 rings (SSSR count). The molecule has 1 amide bonds. The number of aliphatic hydroxyl groups is 2. The fourth-order valence-electron chi connectivity index (χ4n) is 6.58. The molecule has 35 heavy (non-hydrogen) atoms. The standard InChI is InChI=1S/C26H32N4O5/c1-14(24(33)27-19-8-10-29(3)28-19)21(32)23-26-9-11-30(13-15-4-5-15)18(25(26,2)34)12-16-6-7-17(31)22(35-23)20(16)26/h6-8,10,15,18,23,31-32,34H,4-5,9,11-13H2,1-3H3,(H,27,28,33)/b21-14-/t18-,23+,25-,26+/m1/s1. The zero-order valence-electron chi connectivity index (χ0n) is 20.3. The highest BCUT2D eigenvalue weighted by Crippen LogP contribution is 2.63. The number of phenols is 1. The van der Waals surface area contributed by atoms with Gasteiger partial charge in [0, 0.05) is 37.5 Å². The zero-order chi connectivity index (χ0) is 24.7. The van der Waals surface area contributed by atoms with Crippen LogP contribution in [0.1, 0.15) is 44.2 Å². The molecule has 1 saturated carbocycles. The van der Waals surface area contributed by atoms with Crippen LogP contribution in [0, 0.1) is 5.92 Å². The molecule has 2 aromatic rings. The minimum atomic E-state index is -1.25. The van der Waals surface area contributed by atoms with Crippen LogP contribution in [0.2, 0.25) is 0 Å². The number of carbonyl (C=O) groups excluding carboxylic acids is 1. The van der Waals surface area contributed by atoms with E-state index in [-0.39, 0.29) is 23.1 Å². The second kappa shape index (κ2) is 7.48. The Morgan fingerprint density at radius 1 is 1.31 bits per heavy atom. The number of ether oxygens (including phenoxy) is 1. The number of phenolic OH excluding ortho intramolecular Hbond substituents is 1. The maximum absolute atomic E-state index is 13.0. The Morgan fingerprint density at radius 3 is 2.77 bits per heavy atom. The Bertz CT molecular complexity index is 1250. The molecule has 186 valence electrons. The predicted molar refractivity (Wildman–Crippen MR) is 128 cm³/mol. The van der Waals surface area contributed by atoms with Gasteiger partial charge in [0.05, 0.1) is 16.6 Å². The van der Waals surface area contributed by atoms with Crippen molar-refractivity contribution in [1.29, 1.82) is 0 Å². The number of benzene rings is 1. The summed E-state index contributed by atoms with van der Waals surface area (Å²) < 4.78 is 7.83. The Labute approximate surface area is 204 Å². The number of aromatic nitrogens is 2. The van der Waals surface area contributed by atoms with Gasteiger partial charge >= 0.3 is 0 Å². The molecule has 1 spiro atoms. The first-order chi connectivity index (χ1) is 16.6. The quantitative estimate of drug-likeness (QED) is 0.383. The van der Waals surface area contributed by atoms with E-state index in [1.807, 2.05) is 13.0 Å². The average Bonchev–Trinajstić information content (AvgIpc) is 3.42. The lowest BCUT2D eigenvalue weighted by Gasteiger charge is -2.59. The van der Waals surface area contributed by atoms with E-state index in [1.165, 1.54) is 19.8 Å². The molecule has 1 saturated heterocycles. The maximum atomic E-state index is 13.0. The van der Waals surface area contributed by atoms with E-state index in [9.17, 15) is 20.1 Å². The lowest BCUT2D eigenvalue weighted by Crippen LogP contribution is -2.73. The number of aryl methyl sites for hydroxylation is 1. The van der Waals surface area contributed by atoms with Gasteiger partial charge in [0.25, 0.3) is 5.91 Å². The van der Waals surface area contributed by atoms with Crippen molar-refractivity contribution in [3.8, 4) is 11.5 Å². The third-order valence-corrected chi connectivity index (χ3v) is 8.67. The highest BCUT2D eigenvalue weighted by molar-refractivity contribution is 6.03. The van der Waals surface area contributed by atoms with Crippen molar-refractivity contribution in [3.05, 3.63) is 46.9 Å². The largest absolute Gasteiger partial charge is 0.508 e. The van der Waals surface area contributed by atoms with E-state index in [4.69, 9.17) is 4.74 Å². The second-order valence-corrected chi connectivity index (χ2v) is 10.8. The Morgan fingerprint density at radius 2 is 2.09 bits per heavy atom. The molecule has 9 nitrogen and oxygen atoms in total. The maximum Gasteiger partial charge on any atom is 0.256 e.